The van der Waals surface area contributed by atoms with Crippen LogP contribution >= 0.6 is 11.8 Å². The lowest BCUT2D eigenvalue weighted by atomic mass is 10.2. The Labute approximate surface area is 83.9 Å². The standard InChI is InChI=1S/C8H7NO4S/c1-5-2-3-7(14-8(10)11)6(4-5)9(12)13/h2-4H,1H3,(H,10,11). The van der Waals surface area contributed by atoms with Gasteiger partial charge in [-0.15, -0.1) is 0 Å². The molecule has 14 heavy (non-hydrogen) atoms. The van der Waals surface area contributed by atoms with Crippen molar-refractivity contribution in [3.8, 4) is 0 Å². The zero-order valence-corrected chi connectivity index (χ0v) is 8.08. The second kappa shape index (κ2) is 4.10. The first-order valence-electron chi connectivity index (χ1n) is 3.66. The van der Waals surface area contributed by atoms with Gasteiger partial charge in [-0.25, -0.2) is 4.79 Å². The van der Waals surface area contributed by atoms with Crippen LogP contribution in [-0.2, 0) is 0 Å². The molecule has 74 valence electrons. The highest BCUT2D eigenvalue weighted by molar-refractivity contribution is 8.13. The number of nitro groups is 1. The highest BCUT2D eigenvalue weighted by Gasteiger charge is 2.16. The number of hydrogen-bond donors (Lipinski definition) is 1. The molecule has 0 unspecified atom stereocenters. The quantitative estimate of drug-likeness (QED) is 0.464. The van der Waals surface area contributed by atoms with E-state index < -0.39 is 10.2 Å². The summed E-state index contributed by atoms with van der Waals surface area (Å²) in [6.07, 6.45) is 0. The first-order chi connectivity index (χ1) is 6.50. The van der Waals surface area contributed by atoms with E-state index in [4.69, 9.17) is 5.11 Å². The van der Waals surface area contributed by atoms with Gasteiger partial charge in [-0.2, -0.15) is 0 Å². The van der Waals surface area contributed by atoms with Crippen molar-refractivity contribution >= 4 is 22.8 Å². The molecule has 1 aromatic carbocycles. The topological polar surface area (TPSA) is 80.4 Å². The molecule has 1 N–H and O–H groups in total. The smallest absolute Gasteiger partial charge is 0.369 e. The Bertz CT molecular complexity index is 391. The number of thioether (sulfide) groups is 1. The Morgan fingerprint density at radius 3 is 2.71 bits per heavy atom. The third-order valence-corrected chi connectivity index (χ3v) is 2.25. The first-order valence-corrected chi connectivity index (χ1v) is 4.48. The lowest BCUT2D eigenvalue weighted by molar-refractivity contribution is -0.387. The monoisotopic (exact) mass is 213 g/mol. The van der Waals surface area contributed by atoms with Crippen molar-refractivity contribution in [2.45, 2.75) is 11.8 Å². The van der Waals surface area contributed by atoms with E-state index in [9.17, 15) is 14.9 Å². The van der Waals surface area contributed by atoms with Crippen molar-refractivity contribution in [3.63, 3.8) is 0 Å². The number of aryl methyl sites for hydroxylation is 1. The summed E-state index contributed by atoms with van der Waals surface area (Å²) < 4.78 is 0. The fourth-order valence-electron chi connectivity index (χ4n) is 0.950. The molecule has 5 nitrogen and oxygen atoms in total. The third-order valence-electron chi connectivity index (χ3n) is 1.51. The van der Waals surface area contributed by atoms with Crippen molar-refractivity contribution in [2.75, 3.05) is 0 Å². The molecule has 0 saturated carbocycles. The molecule has 0 spiro atoms. The van der Waals surface area contributed by atoms with Crippen LogP contribution in [0, 0.1) is 17.0 Å². The maximum absolute atomic E-state index is 10.6. The van der Waals surface area contributed by atoms with Crippen LogP contribution in [0.2, 0.25) is 0 Å². The van der Waals surface area contributed by atoms with E-state index in [1.54, 1.807) is 13.0 Å². The Balaban J connectivity index is 3.14. The molecular formula is C8H7NO4S. The van der Waals surface area contributed by atoms with Crippen LogP contribution < -0.4 is 0 Å². The lowest BCUT2D eigenvalue weighted by Gasteiger charge is -1.99. The van der Waals surface area contributed by atoms with Crippen LogP contribution in [0.15, 0.2) is 23.1 Å². The number of carboxylic acid groups (broad SMARTS) is 1. The van der Waals surface area contributed by atoms with Crippen LogP contribution in [0.3, 0.4) is 0 Å². The summed E-state index contributed by atoms with van der Waals surface area (Å²) in [5, 5.41) is 17.9. The van der Waals surface area contributed by atoms with Gasteiger partial charge in [0.05, 0.1) is 9.82 Å². The van der Waals surface area contributed by atoms with Crippen molar-refractivity contribution in [1.29, 1.82) is 0 Å². The Hall–Kier alpha value is -1.56. The molecule has 0 aliphatic carbocycles. The summed E-state index contributed by atoms with van der Waals surface area (Å²) in [7, 11) is 0. The zero-order chi connectivity index (χ0) is 10.7. The van der Waals surface area contributed by atoms with Gasteiger partial charge in [0.2, 0.25) is 0 Å². The summed E-state index contributed by atoms with van der Waals surface area (Å²) in [6.45, 7) is 1.71. The van der Waals surface area contributed by atoms with Gasteiger partial charge < -0.3 is 5.11 Å². The molecule has 0 fully saturated rings. The van der Waals surface area contributed by atoms with E-state index in [1.807, 2.05) is 0 Å². The minimum atomic E-state index is -1.16. The Morgan fingerprint density at radius 2 is 2.21 bits per heavy atom. The fraction of sp³-hybridized carbons (Fsp3) is 0.125. The first kappa shape index (κ1) is 10.5. The van der Waals surface area contributed by atoms with E-state index in [1.165, 1.54) is 12.1 Å². The third kappa shape index (κ3) is 2.46. The van der Waals surface area contributed by atoms with Crippen molar-refractivity contribution in [3.05, 3.63) is 33.9 Å². The molecule has 1 rings (SSSR count). The average Bonchev–Trinajstić information content (AvgIpc) is 2.07. The van der Waals surface area contributed by atoms with E-state index in [2.05, 4.69) is 0 Å². The maximum Gasteiger partial charge on any atom is 0.369 e. The molecule has 0 heterocycles. The highest BCUT2D eigenvalue weighted by Crippen LogP contribution is 2.30. The normalized spacial score (nSPS) is 9.79. The van der Waals surface area contributed by atoms with E-state index in [0.717, 1.165) is 5.56 Å². The average molecular weight is 213 g/mol. The summed E-state index contributed by atoms with van der Waals surface area (Å²) in [5.74, 6) is 0. The van der Waals surface area contributed by atoms with Gasteiger partial charge in [-0.1, -0.05) is 6.07 Å². The molecule has 1 aromatic rings. The molecule has 0 aliphatic rings. The van der Waals surface area contributed by atoms with E-state index in [-0.39, 0.29) is 10.6 Å². The largest absolute Gasteiger partial charge is 0.473 e. The number of carbonyl (C=O) groups is 1. The maximum atomic E-state index is 10.6. The van der Waals surface area contributed by atoms with Crippen LogP contribution in [0.4, 0.5) is 10.5 Å². The Morgan fingerprint density at radius 1 is 1.57 bits per heavy atom. The van der Waals surface area contributed by atoms with Crippen LogP contribution in [0.25, 0.3) is 0 Å². The molecule has 0 atom stereocenters. The minimum Gasteiger partial charge on any atom is -0.473 e. The zero-order valence-electron chi connectivity index (χ0n) is 7.26. The van der Waals surface area contributed by atoms with Gasteiger partial charge in [0, 0.05) is 6.07 Å². The van der Waals surface area contributed by atoms with Gasteiger partial charge in [-0.3, -0.25) is 10.1 Å². The molecule has 0 radical (unpaired) electrons. The SMILES string of the molecule is Cc1ccc(SC(=O)O)c([N+](=O)[O-])c1. The number of nitro benzene ring substituents is 1. The summed E-state index contributed by atoms with van der Waals surface area (Å²) in [6, 6.07) is 4.43. The highest BCUT2D eigenvalue weighted by atomic mass is 32.2. The lowest BCUT2D eigenvalue weighted by Crippen LogP contribution is -1.93. The van der Waals surface area contributed by atoms with Gasteiger partial charge in [-0.05, 0) is 30.3 Å². The number of nitrogens with zero attached hydrogens (tertiary/aromatic N) is 1. The summed E-state index contributed by atoms with van der Waals surface area (Å²) in [5.41, 5.74) is 0.559. The minimum absolute atomic E-state index is 0.146. The summed E-state index contributed by atoms with van der Waals surface area (Å²) in [4.78, 5) is 20.5. The van der Waals surface area contributed by atoms with Gasteiger partial charge in [0.15, 0.2) is 0 Å². The Kier molecular flexibility index (Phi) is 3.08. The van der Waals surface area contributed by atoms with Crippen molar-refractivity contribution in [1.82, 2.24) is 0 Å². The van der Waals surface area contributed by atoms with Crippen LogP contribution in [-0.4, -0.2) is 15.3 Å². The van der Waals surface area contributed by atoms with E-state index >= 15 is 0 Å². The van der Waals surface area contributed by atoms with E-state index in [0.29, 0.717) is 11.8 Å². The van der Waals surface area contributed by atoms with Gasteiger partial charge >= 0.3 is 5.30 Å². The van der Waals surface area contributed by atoms with Crippen molar-refractivity contribution in [2.24, 2.45) is 0 Å². The fourth-order valence-corrected chi connectivity index (χ4v) is 1.51. The van der Waals surface area contributed by atoms with Crippen LogP contribution in [0.5, 0.6) is 0 Å². The van der Waals surface area contributed by atoms with Gasteiger partial charge in [0.25, 0.3) is 5.69 Å². The van der Waals surface area contributed by atoms with Crippen molar-refractivity contribution < 1.29 is 14.8 Å². The molecule has 0 bridgehead atoms. The predicted molar refractivity (Wildman–Crippen MR) is 51.7 cm³/mol. The number of benzene rings is 1. The molecular weight excluding hydrogens is 206 g/mol. The summed E-state index contributed by atoms with van der Waals surface area (Å²) >= 11 is 0.437. The molecule has 0 aliphatic heterocycles. The van der Waals surface area contributed by atoms with Crippen LogP contribution in [0.1, 0.15) is 5.56 Å². The predicted octanol–water partition coefficient (Wildman–Crippen LogP) is 2.67. The molecule has 0 aromatic heterocycles. The molecule has 6 heteroatoms. The molecule has 0 amide bonds. The van der Waals surface area contributed by atoms with Gasteiger partial charge in [0.1, 0.15) is 0 Å². The second-order valence-electron chi connectivity index (χ2n) is 2.60. The molecule has 0 saturated heterocycles. The second-order valence-corrected chi connectivity index (χ2v) is 3.59. The number of rotatable bonds is 2. The number of hydrogen-bond acceptors (Lipinski definition) is 4.